The SMILES string of the molecule is Cc1ccc(N)c(S(=O)(=O)CC(N)=O)c1. The highest BCUT2D eigenvalue weighted by molar-refractivity contribution is 7.92. The van der Waals surface area contributed by atoms with Crippen molar-refractivity contribution in [2.24, 2.45) is 5.73 Å². The van der Waals surface area contributed by atoms with Crippen LogP contribution in [0.15, 0.2) is 23.1 Å². The zero-order valence-electron chi connectivity index (χ0n) is 8.23. The summed E-state index contributed by atoms with van der Waals surface area (Å²) in [7, 11) is -3.71. The molecule has 1 aromatic carbocycles. The Morgan fingerprint density at radius 1 is 1.40 bits per heavy atom. The van der Waals surface area contributed by atoms with Crippen molar-refractivity contribution in [2.45, 2.75) is 11.8 Å². The Morgan fingerprint density at radius 3 is 2.53 bits per heavy atom. The molecule has 4 N–H and O–H groups in total. The molecule has 1 aromatic rings. The zero-order chi connectivity index (χ0) is 11.6. The minimum Gasteiger partial charge on any atom is -0.398 e. The van der Waals surface area contributed by atoms with Gasteiger partial charge in [0, 0.05) is 0 Å². The molecule has 0 aromatic heterocycles. The lowest BCUT2D eigenvalue weighted by atomic mass is 10.2. The molecule has 0 aliphatic rings. The molecular formula is C9H12N2O3S. The van der Waals surface area contributed by atoms with Crippen LogP contribution in [0.4, 0.5) is 5.69 Å². The summed E-state index contributed by atoms with van der Waals surface area (Å²) in [6.45, 7) is 1.74. The number of hydrogen-bond donors (Lipinski definition) is 2. The number of anilines is 1. The van der Waals surface area contributed by atoms with Crippen molar-refractivity contribution in [1.82, 2.24) is 0 Å². The van der Waals surface area contributed by atoms with Gasteiger partial charge in [-0.15, -0.1) is 0 Å². The van der Waals surface area contributed by atoms with Crippen LogP contribution in [0.1, 0.15) is 5.56 Å². The lowest BCUT2D eigenvalue weighted by Gasteiger charge is -2.06. The van der Waals surface area contributed by atoms with Gasteiger partial charge in [-0.3, -0.25) is 4.79 Å². The Labute approximate surface area is 88.0 Å². The Kier molecular flexibility index (Phi) is 2.99. The highest BCUT2D eigenvalue weighted by Crippen LogP contribution is 2.20. The molecule has 0 heterocycles. The Balaban J connectivity index is 3.26. The lowest BCUT2D eigenvalue weighted by molar-refractivity contribution is -0.115. The summed E-state index contributed by atoms with van der Waals surface area (Å²) in [5.74, 6) is -1.61. The Morgan fingerprint density at radius 2 is 2.00 bits per heavy atom. The van der Waals surface area contributed by atoms with E-state index in [0.717, 1.165) is 5.56 Å². The predicted molar refractivity (Wildman–Crippen MR) is 56.8 cm³/mol. The van der Waals surface area contributed by atoms with Crippen molar-refractivity contribution in [3.05, 3.63) is 23.8 Å². The molecular weight excluding hydrogens is 216 g/mol. The van der Waals surface area contributed by atoms with E-state index < -0.39 is 21.5 Å². The summed E-state index contributed by atoms with van der Waals surface area (Å²) in [6.07, 6.45) is 0. The molecule has 0 bridgehead atoms. The fraction of sp³-hybridized carbons (Fsp3) is 0.222. The first-order valence-electron chi connectivity index (χ1n) is 4.20. The van der Waals surface area contributed by atoms with Crippen LogP contribution in [0, 0.1) is 6.92 Å². The van der Waals surface area contributed by atoms with Gasteiger partial charge in [-0.2, -0.15) is 0 Å². The van der Waals surface area contributed by atoms with Crippen LogP contribution in [0.2, 0.25) is 0 Å². The fourth-order valence-corrected chi connectivity index (χ4v) is 2.50. The molecule has 0 aliphatic carbocycles. The number of aryl methyl sites for hydroxylation is 1. The molecule has 0 aliphatic heterocycles. The van der Waals surface area contributed by atoms with Gasteiger partial charge in [-0.05, 0) is 24.6 Å². The van der Waals surface area contributed by atoms with E-state index in [1.807, 2.05) is 0 Å². The normalized spacial score (nSPS) is 11.3. The second kappa shape index (κ2) is 3.90. The van der Waals surface area contributed by atoms with Gasteiger partial charge < -0.3 is 11.5 Å². The maximum absolute atomic E-state index is 11.6. The quantitative estimate of drug-likeness (QED) is 0.701. The third kappa shape index (κ3) is 2.69. The average molecular weight is 228 g/mol. The largest absolute Gasteiger partial charge is 0.398 e. The number of nitrogen functional groups attached to an aromatic ring is 1. The molecule has 0 saturated heterocycles. The first-order valence-corrected chi connectivity index (χ1v) is 5.85. The highest BCUT2D eigenvalue weighted by Gasteiger charge is 2.20. The molecule has 82 valence electrons. The monoisotopic (exact) mass is 228 g/mol. The van der Waals surface area contributed by atoms with Crippen LogP contribution in [-0.2, 0) is 14.6 Å². The Bertz CT molecular complexity index is 494. The minimum absolute atomic E-state index is 0.0405. The molecule has 5 nitrogen and oxygen atoms in total. The molecule has 1 amide bonds. The number of rotatable bonds is 3. The van der Waals surface area contributed by atoms with E-state index in [1.165, 1.54) is 12.1 Å². The smallest absolute Gasteiger partial charge is 0.233 e. The average Bonchev–Trinajstić information content (AvgIpc) is 2.06. The predicted octanol–water partition coefficient (Wildman–Crippen LogP) is -0.164. The van der Waals surface area contributed by atoms with Crippen molar-refractivity contribution in [3.8, 4) is 0 Å². The molecule has 0 saturated carbocycles. The molecule has 1 rings (SSSR count). The van der Waals surface area contributed by atoms with Gasteiger partial charge in [-0.1, -0.05) is 6.07 Å². The number of amides is 1. The highest BCUT2D eigenvalue weighted by atomic mass is 32.2. The van der Waals surface area contributed by atoms with Gasteiger partial charge in [0.1, 0.15) is 5.75 Å². The summed E-state index contributed by atoms with van der Waals surface area (Å²) in [5.41, 5.74) is 11.2. The maximum atomic E-state index is 11.6. The summed E-state index contributed by atoms with van der Waals surface area (Å²) < 4.78 is 23.3. The van der Waals surface area contributed by atoms with Gasteiger partial charge >= 0.3 is 0 Å². The van der Waals surface area contributed by atoms with Gasteiger partial charge in [0.25, 0.3) is 0 Å². The third-order valence-electron chi connectivity index (χ3n) is 1.84. The van der Waals surface area contributed by atoms with E-state index >= 15 is 0 Å². The minimum atomic E-state index is -3.71. The topological polar surface area (TPSA) is 103 Å². The number of carbonyl (C=O) groups excluding carboxylic acids is 1. The van der Waals surface area contributed by atoms with Crippen LogP contribution in [0.25, 0.3) is 0 Å². The van der Waals surface area contributed by atoms with E-state index in [2.05, 4.69) is 0 Å². The maximum Gasteiger partial charge on any atom is 0.233 e. The van der Waals surface area contributed by atoms with E-state index in [1.54, 1.807) is 13.0 Å². The van der Waals surface area contributed by atoms with E-state index in [4.69, 9.17) is 11.5 Å². The molecule has 0 unspecified atom stereocenters. The summed E-state index contributed by atoms with van der Waals surface area (Å²) in [5, 5.41) is 0. The Hall–Kier alpha value is -1.56. The third-order valence-corrected chi connectivity index (χ3v) is 3.52. The molecule has 0 atom stereocenters. The first kappa shape index (κ1) is 11.5. The summed E-state index contributed by atoms with van der Waals surface area (Å²) in [4.78, 5) is 10.5. The van der Waals surface area contributed by atoms with Crippen molar-refractivity contribution in [1.29, 1.82) is 0 Å². The fourth-order valence-electron chi connectivity index (χ4n) is 1.18. The number of hydrogen-bond acceptors (Lipinski definition) is 4. The van der Waals surface area contributed by atoms with Crippen molar-refractivity contribution < 1.29 is 13.2 Å². The molecule has 6 heteroatoms. The first-order chi connectivity index (χ1) is 6.83. The van der Waals surface area contributed by atoms with Gasteiger partial charge in [0.05, 0.1) is 10.6 Å². The van der Waals surface area contributed by atoms with Crippen molar-refractivity contribution >= 4 is 21.4 Å². The van der Waals surface area contributed by atoms with Crippen LogP contribution < -0.4 is 11.5 Å². The standard InChI is InChI=1S/C9H12N2O3S/c1-6-2-3-7(10)8(4-6)15(13,14)5-9(11)12/h2-4H,5,10H2,1H3,(H2,11,12). The second-order valence-electron chi connectivity index (χ2n) is 3.27. The molecule has 15 heavy (non-hydrogen) atoms. The van der Waals surface area contributed by atoms with E-state index in [-0.39, 0.29) is 10.6 Å². The van der Waals surface area contributed by atoms with E-state index in [0.29, 0.717) is 0 Å². The van der Waals surface area contributed by atoms with Crippen LogP contribution >= 0.6 is 0 Å². The molecule has 0 fully saturated rings. The second-order valence-corrected chi connectivity index (χ2v) is 5.22. The van der Waals surface area contributed by atoms with Crippen LogP contribution in [0.5, 0.6) is 0 Å². The van der Waals surface area contributed by atoms with Crippen LogP contribution in [0.3, 0.4) is 0 Å². The molecule has 0 spiro atoms. The van der Waals surface area contributed by atoms with Gasteiger partial charge in [-0.25, -0.2) is 8.42 Å². The van der Waals surface area contributed by atoms with Gasteiger partial charge in [0.15, 0.2) is 9.84 Å². The zero-order valence-corrected chi connectivity index (χ0v) is 9.04. The van der Waals surface area contributed by atoms with Gasteiger partial charge in [0.2, 0.25) is 5.91 Å². The lowest BCUT2D eigenvalue weighted by Crippen LogP contribution is -2.23. The summed E-state index contributed by atoms with van der Waals surface area (Å²) >= 11 is 0. The van der Waals surface area contributed by atoms with Crippen molar-refractivity contribution in [2.75, 3.05) is 11.5 Å². The number of primary amides is 1. The number of nitrogens with two attached hydrogens (primary N) is 2. The van der Waals surface area contributed by atoms with E-state index in [9.17, 15) is 13.2 Å². The van der Waals surface area contributed by atoms with Crippen LogP contribution in [-0.4, -0.2) is 20.1 Å². The number of benzene rings is 1. The van der Waals surface area contributed by atoms with Crippen molar-refractivity contribution in [3.63, 3.8) is 0 Å². The summed E-state index contributed by atoms with van der Waals surface area (Å²) in [6, 6.07) is 4.61. The molecule has 0 radical (unpaired) electrons. The number of sulfone groups is 1. The number of carbonyl (C=O) groups is 1.